The van der Waals surface area contributed by atoms with Gasteiger partial charge in [0.25, 0.3) is 11.8 Å². The van der Waals surface area contributed by atoms with Crippen LogP contribution in [0.2, 0.25) is 0 Å². The Hall–Kier alpha value is -3.54. The number of nitrogens with one attached hydrogen (secondary N) is 1. The summed E-state index contributed by atoms with van der Waals surface area (Å²) < 4.78 is 13.6. The number of halogens is 1. The van der Waals surface area contributed by atoms with Crippen LogP contribution in [0, 0.1) is 5.82 Å². The highest BCUT2D eigenvalue weighted by Gasteiger charge is 2.16. The van der Waals surface area contributed by atoms with E-state index in [1.165, 1.54) is 23.2 Å². The molecule has 0 spiro atoms. The number of rotatable bonds is 6. The molecule has 3 aromatic rings. The lowest BCUT2D eigenvalue weighted by Crippen LogP contribution is -2.29. The van der Waals surface area contributed by atoms with Crippen LogP contribution in [0.4, 0.5) is 10.1 Å². The van der Waals surface area contributed by atoms with Crippen LogP contribution < -0.4 is 10.2 Å². The normalized spacial score (nSPS) is 10.4. The molecule has 0 unspecified atom stereocenters. The van der Waals surface area contributed by atoms with E-state index in [1.807, 2.05) is 30.3 Å². The van der Waals surface area contributed by atoms with Crippen molar-refractivity contribution in [1.82, 2.24) is 10.3 Å². The average molecular weight is 377 g/mol. The number of carbonyl (C=O) groups excluding carboxylic acids is 2. The molecule has 0 aliphatic carbocycles. The first-order chi connectivity index (χ1) is 13.6. The molecule has 28 heavy (non-hydrogen) atoms. The van der Waals surface area contributed by atoms with E-state index in [1.54, 1.807) is 31.3 Å². The van der Waals surface area contributed by atoms with Crippen LogP contribution >= 0.6 is 0 Å². The molecule has 1 N–H and O–H groups in total. The lowest BCUT2D eigenvalue weighted by molar-refractivity contribution is 0.0949. The number of hydrogen-bond acceptors (Lipinski definition) is 3. The Morgan fingerprint density at radius 2 is 1.75 bits per heavy atom. The maximum atomic E-state index is 13.6. The smallest absolute Gasteiger partial charge is 0.269 e. The Labute approximate surface area is 162 Å². The largest absolute Gasteiger partial charge is 0.350 e. The van der Waals surface area contributed by atoms with Gasteiger partial charge in [0.15, 0.2) is 0 Å². The maximum absolute atomic E-state index is 13.6. The molecular weight excluding hydrogens is 357 g/mol. The molecule has 0 atom stereocenters. The molecule has 142 valence electrons. The molecule has 5 nitrogen and oxygen atoms in total. The number of hydrogen-bond donors (Lipinski definition) is 1. The molecule has 1 heterocycles. The fraction of sp³-hybridized carbons (Fsp3) is 0.136. The van der Waals surface area contributed by atoms with E-state index in [0.29, 0.717) is 17.5 Å². The van der Waals surface area contributed by atoms with Crippen LogP contribution in [0.15, 0.2) is 72.9 Å². The fourth-order valence-electron chi connectivity index (χ4n) is 2.75. The highest BCUT2D eigenvalue weighted by molar-refractivity contribution is 6.06. The summed E-state index contributed by atoms with van der Waals surface area (Å²) in [5, 5.41) is 2.71. The van der Waals surface area contributed by atoms with Crippen molar-refractivity contribution in [3.8, 4) is 0 Å². The zero-order valence-electron chi connectivity index (χ0n) is 15.4. The third-order valence-corrected chi connectivity index (χ3v) is 4.33. The van der Waals surface area contributed by atoms with Gasteiger partial charge in [-0.25, -0.2) is 4.39 Å². The molecule has 3 rings (SSSR count). The van der Waals surface area contributed by atoms with Gasteiger partial charge < -0.3 is 10.2 Å². The maximum Gasteiger partial charge on any atom is 0.269 e. The van der Waals surface area contributed by atoms with Crippen molar-refractivity contribution in [3.63, 3.8) is 0 Å². The van der Waals surface area contributed by atoms with Crippen LogP contribution in [-0.4, -0.2) is 30.4 Å². The van der Waals surface area contributed by atoms with Crippen LogP contribution in [-0.2, 0) is 6.42 Å². The number of para-hydroxylation sites is 1. The zero-order chi connectivity index (χ0) is 19.9. The molecule has 0 fully saturated rings. The van der Waals surface area contributed by atoms with Gasteiger partial charge >= 0.3 is 0 Å². The van der Waals surface area contributed by atoms with Gasteiger partial charge in [-0.2, -0.15) is 0 Å². The van der Waals surface area contributed by atoms with E-state index < -0.39 is 5.91 Å². The Kier molecular flexibility index (Phi) is 6.11. The van der Waals surface area contributed by atoms with Gasteiger partial charge in [0, 0.05) is 31.0 Å². The van der Waals surface area contributed by atoms with Crippen molar-refractivity contribution in [1.29, 1.82) is 0 Å². The van der Waals surface area contributed by atoms with Crippen molar-refractivity contribution < 1.29 is 14.0 Å². The third-order valence-electron chi connectivity index (χ3n) is 4.33. The standard InChI is InChI=1S/C22H20FN3O2/c1-26(18-8-3-2-4-9-18)22(28)17-12-13-24-20(15-17)21(27)25-14-11-16-7-5-6-10-19(16)23/h2-10,12-13,15H,11,14H2,1H3,(H,25,27). The first-order valence-electron chi connectivity index (χ1n) is 8.87. The highest BCUT2D eigenvalue weighted by atomic mass is 19.1. The van der Waals surface area contributed by atoms with Crippen LogP contribution in [0.25, 0.3) is 0 Å². The predicted molar refractivity (Wildman–Crippen MR) is 106 cm³/mol. The van der Waals surface area contributed by atoms with Crippen molar-refractivity contribution in [2.45, 2.75) is 6.42 Å². The molecule has 2 amide bonds. The summed E-state index contributed by atoms with van der Waals surface area (Å²) in [6.45, 7) is 0.267. The van der Waals surface area contributed by atoms with Gasteiger partial charge in [-0.1, -0.05) is 36.4 Å². The Morgan fingerprint density at radius 3 is 2.50 bits per heavy atom. The van der Waals surface area contributed by atoms with E-state index in [9.17, 15) is 14.0 Å². The van der Waals surface area contributed by atoms with Gasteiger partial charge in [-0.15, -0.1) is 0 Å². The number of nitrogens with zero attached hydrogens (tertiary/aromatic N) is 2. The molecule has 0 saturated carbocycles. The van der Waals surface area contributed by atoms with E-state index in [-0.39, 0.29) is 24.0 Å². The molecule has 6 heteroatoms. The third kappa shape index (κ3) is 4.59. The minimum absolute atomic E-state index is 0.140. The predicted octanol–water partition coefficient (Wildman–Crippen LogP) is 3.47. The van der Waals surface area contributed by atoms with Crippen molar-refractivity contribution >= 4 is 17.5 Å². The topological polar surface area (TPSA) is 62.3 Å². The van der Waals surface area contributed by atoms with Gasteiger partial charge in [-0.05, 0) is 42.3 Å². The Balaban J connectivity index is 1.64. The highest BCUT2D eigenvalue weighted by Crippen LogP contribution is 2.15. The Bertz CT molecular complexity index is 976. The summed E-state index contributed by atoms with van der Waals surface area (Å²) in [6, 6.07) is 18.7. The lowest BCUT2D eigenvalue weighted by Gasteiger charge is -2.17. The lowest BCUT2D eigenvalue weighted by atomic mass is 10.1. The zero-order valence-corrected chi connectivity index (χ0v) is 15.4. The summed E-state index contributed by atoms with van der Waals surface area (Å²) in [5.74, 6) is -0.950. The number of aromatic nitrogens is 1. The second-order valence-electron chi connectivity index (χ2n) is 6.23. The van der Waals surface area contributed by atoms with E-state index in [4.69, 9.17) is 0 Å². The first kappa shape index (κ1) is 19.2. The molecule has 0 saturated heterocycles. The molecule has 0 aliphatic rings. The second kappa shape index (κ2) is 8.90. The SMILES string of the molecule is CN(C(=O)c1ccnc(C(=O)NCCc2ccccc2F)c1)c1ccccc1. The number of carbonyl (C=O) groups is 2. The van der Waals surface area contributed by atoms with E-state index >= 15 is 0 Å². The van der Waals surface area contributed by atoms with Crippen LogP contribution in [0.1, 0.15) is 26.4 Å². The molecular formula is C22H20FN3O2. The first-order valence-corrected chi connectivity index (χ1v) is 8.87. The van der Waals surface area contributed by atoms with Gasteiger partial charge in [0.1, 0.15) is 11.5 Å². The minimum atomic E-state index is -0.409. The van der Waals surface area contributed by atoms with Crippen molar-refractivity contribution in [2.75, 3.05) is 18.5 Å². The average Bonchev–Trinajstić information content (AvgIpc) is 2.74. The monoisotopic (exact) mass is 377 g/mol. The molecule has 1 aromatic heterocycles. The van der Waals surface area contributed by atoms with Crippen LogP contribution in [0.3, 0.4) is 0 Å². The van der Waals surface area contributed by atoms with Crippen LogP contribution in [0.5, 0.6) is 0 Å². The summed E-state index contributed by atoms with van der Waals surface area (Å²) in [7, 11) is 1.67. The molecule has 2 aromatic carbocycles. The summed E-state index contributed by atoms with van der Waals surface area (Å²) >= 11 is 0. The van der Waals surface area contributed by atoms with E-state index in [0.717, 1.165) is 5.69 Å². The quantitative estimate of drug-likeness (QED) is 0.716. The number of benzene rings is 2. The minimum Gasteiger partial charge on any atom is -0.350 e. The van der Waals surface area contributed by atoms with E-state index in [2.05, 4.69) is 10.3 Å². The molecule has 0 radical (unpaired) electrons. The Morgan fingerprint density at radius 1 is 1.04 bits per heavy atom. The van der Waals surface area contributed by atoms with Gasteiger partial charge in [0.2, 0.25) is 0 Å². The molecule has 0 bridgehead atoms. The summed E-state index contributed by atoms with van der Waals surface area (Å²) in [5.41, 5.74) is 1.78. The summed E-state index contributed by atoms with van der Waals surface area (Å²) in [6.07, 6.45) is 1.80. The van der Waals surface area contributed by atoms with Gasteiger partial charge in [0.05, 0.1) is 0 Å². The summed E-state index contributed by atoms with van der Waals surface area (Å²) in [4.78, 5) is 30.6. The second-order valence-corrected chi connectivity index (χ2v) is 6.23. The van der Waals surface area contributed by atoms with Crippen molar-refractivity contribution in [2.24, 2.45) is 0 Å². The number of pyridine rings is 1. The number of anilines is 1. The fourth-order valence-corrected chi connectivity index (χ4v) is 2.75. The number of amides is 2. The van der Waals surface area contributed by atoms with Gasteiger partial charge in [-0.3, -0.25) is 14.6 Å². The van der Waals surface area contributed by atoms with Crippen molar-refractivity contribution in [3.05, 3.63) is 95.6 Å². The molecule has 0 aliphatic heterocycles.